The molecule has 8 nitrogen and oxygen atoms in total. The van der Waals surface area contributed by atoms with Crippen molar-refractivity contribution in [3.63, 3.8) is 0 Å². The van der Waals surface area contributed by atoms with E-state index in [1.807, 2.05) is 43.3 Å². The number of hydrogen-bond donors (Lipinski definition) is 0. The van der Waals surface area contributed by atoms with Crippen molar-refractivity contribution in [2.24, 2.45) is 0 Å². The number of nitrogens with zero attached hydrogens (tertiary/aromatic N) is 4. The van der Waals surface area contributed by atoms with Crippen LogP contribution in [0.25, 0.3) is 11.3 Å². The highest BCUT2D eigenvalue weighted by atomic mass is 16.5. The van der Waals surface area contributed by atoms with Crippen LogP contribution in [0.5, 0.6) is 5.75 Å². The van der Waals surface area contributed by atoms with Gasteiger partial charge in [-0.25, -0.2) is 14.5 Å². The molecule has 8 heteroatoms. The minimum absolute atomic E-state index is 0.0458. The van der Waals surface area contributed by atoms with E-state index in [-0.39, 0.29) is 17.9 Å². The molecule has 0 saturated carbocycles. The first-order valence-corrected chi connectivity index (χ1v) is 8.90. The third-order valence-corrected chi connectivity index (χ3v) is 4.33. The van der Waals surface area contributed by atoms with E-state index >= 15 is 0 Å². The Hall–Kier alpha value is -3.94. The Morgan fingerprint density at radius 1 is 1.10 bits per heavy atom. The quantitative estimate of drug-likeness (QED) is 0.487. The molecule has 29 heavy (non-hydrogen) atoms. The minimum atomic E-state index is -0.664. The average molecular weight is 390 g/mol. The lowest BCUT2D eigenvalue weighted by Gasteiger charge is -2.06. The molecule has 3 heterocycles. The number of carbonyl (C=O) groups is 1. The summed E-state index contributed by atoms with van der Waals surface area (Å²) in [7, 11) is 1.46. The van der Waals surface area contributed by atoms with Crippen molar-refractivity contribution in [2.45, 2.75) is 13.5 Å². The maximum atomic E-state index is 12.5. The average Bonchev–Trinajstić information content (AvgIpc) is 3.18. The van der Waals surface area contributed by atoms with Crippen LogP contribution in [0.3, 0.4) is 0 Å². The van der Waals surface area contributed by atoms with Gasteiger partial charge in [0.2, 0.25) is 5.69 Å². The number of aryl methyl sites for hydroxylation is 1. The van der Waals surface area contributed by atoms with Gasteiger partial charge in [0.15, 0.2) is 5.75 Å². The lowest BCUT2D eigenvalue weighted by molar-refractivity contribution is 0.0456. The summed E-state index contributed by atoms with van der Waals surface area (Å²) in [6.07, 6.45) is 3.32. The SMILES string of the molecule is COc1cn(-c2ccccc2)nc1C(=O)OCc1cc(=O)n2cc(C)ccc2n1. The lowest BCUT2D eigenvalue weighted by atomic mass is 10.3. The van der Waals surface area contributed by atoms with Gasteiger partial charge >= 0.3 is 5.97 Å². The van der Waals surface area contributed by atoms with Crippen LogP contribution in [0.2, 0.25) is 0 Å². The van der Waals surface area contributed by atoms with Crippen LogP contribution in [0.15, 0.2) is 65.7 Å². The van der Waals surface area contributed by atoms with E-state index in [0.717, 1.165) is 11.3 Å². The molecule has 0 aliphatic heterocycles. The van der Waals surface area contributed by atoms with Gasteiger partial charge in [0.25, 0.3) is 5.56 Å². The molecule has 0 radical (unpaired) electrons. The predicted octanol–water partition coefficient (Wildman–Crippen LogP) is 2.55. The highest BCUT2D eigenvalue weighted by Gasteiger charge is 2.20. The summed E-state index contributed by atoms with van der Waals surface area (Å²) in [5, 5.41) is 4.27. The third kappa shape index (κ3) is 3.73. The van der Waals surface area contributed by atoms with Crippen LogP contribution < -0.4 is 10.3 Å². The molecule has 4 rings (SSSR count). The Kier molecular flexibility index (Phi) is 4.82. The highest BCUT2D eigenvalue weighted by molar-refractivity contribution is 5.90. The van der Waals surface area contributed by atoms with Gasteiger partial charge in [-0.05, 0) is 30.7 Å². The summed E-state index contributed by atoms with van der Waals surface area (Å²) in [5.41, 5.74) is 2.37. The molecule has 0 aliphatic rings. The fourth-order valence-electron chi connectivity index (χ4n) is 2.90. The molecule has 4 aromatic rings. The molecular weight excluding hydrogens is 372 g/mol. The summed E-state index contributed by atoms with van der Waals surface area (Å²) in [5.74, 6) is -0.372. The Bertz CT molecular complexity index is 1240. The fraction of sp³-hybridized carbons (Fsp3) is 0.143. The van der Waals surface area contributed by atoms with E-state index in [1.165, 1.54) is 17.6 Å². The number of ether oxygens (including phenoxy) is 2. The second-order valence-corrected chi connectivity index (χ2v) is 6.42. The zero-order valence-electron chi connectivity index (χ0n) is 15.9. The largest absolute Gasteiger partial charge is 0.493 e. The smallest absolute Gasteiger partial charge is 0.363 e. The van der Waals surface area contributed by atoms with E-state index in [2.05, 4.69) is 10.1 Å². The molecule has 0 spiro atoms. The Morgan fingerprint density at radius 3 is 2.66 bits per heavy atom. The van der Waals surface area contributed by atoms with Crippen molar-refractivity contribution >= 4 is 11.6 Å². The third-order valence-electron chi connectivity index (χ3n) is 4.33. The summed E-state index contributed by atoms with van der Waals surface area (Å²) in [6.45, 7) is 1.74. The molecule has 0 bridgehead atoms. The van der Waals surface area contributed by atoms with E-state index in [4.69, 9.17) is 9.47 Å². The standard InChI is InChI=1S/C21H18N4O4/c1-14-8-9-18-22-15(10-19(26)24(18)11-14)13-29-21(27)20-17(28-2)12-25(23-20)16-6-4-3-5-7-16/h3-12H,13H2,1-2H3. The van der Waals surface area contributed by atoms with Gasteiger partial charge in [0.05, 0.1) is 24.7 Å². The van der Waals surface area contributed by atoms with Crippen molar-refractivity contribution < 1.29 is 14.3 Å². The van der Waals surface area contributed by atoms with Gasteiger partial charge in [-0.1, -0.05) is 24.3 Å². The number of aromatic nitrogens is 4. The lowest BCUT2D eigenvalue weighted by Crippen LogP contribution is -2.17. The molecule has 1 aromatic carbocycles. The maximum absolute atomic E-state index is 12.5. The first kappa shape index (κ1) is 18.4. The number of rotatable bonds is 5. The monoisotopic (exact) mass is 390 g/mol. The molecule has 146 valence electrons. The van der Waals surface area contributed by atoms with Crippen molar-refractivity contribution in [1.82, 2.24) is 19.2 Å². The maximum Gasteiger partial charge on any atom is 0.363 e. The molecule has 0 unspecified atom stereocenters. The topological polar surface area (TPSA) is 87.7 Å². The van der Waals surface area contributed by atoms with Gasteiger partial charge < -0.3 is 9.47 Å². The molecule has 3 aromatic heterocycles. The van der Waals surface area contributed by atoms with Crippen molar-refractivity contribution in [3.05, 3.63) is 88.2 Å². The van der Waals surface area contributed by atoms with E-state index in [9.17, 15) is 9.59 Å². The summed E-state index contributed by atoms with van der Waals surface area (Å²) in [4.78, 5) is 29.2. The number of pyridine rings is 1. The van der Waals surface area contributed by atoms with Gasteiger partial charge in [-0.15, -0.1) is 0 Å². The molecule has 0 aliphatic carbocycles. The minimum Gasteiger partial charge on any atom is -0.493 e. The van der Waals surface area contributed by atoms with E-state index in [0.29, 0.717) is 17.1 Å². The number of benzene rings is 1. The van der Waals surface area contributed by atoms with Crippen LogP contribution in [-0.4, -0.2) is 32.2 Å². The van der Waals surface area contributed by atoms with Crippen molar-refractivity contribution in [2.75, 3.05) is 7.11 Å². The van der Waals surface area contributed by atoms with E-state index in [1.54, 1.807) is 23.1 Å². The van der Waals surface area contributed by atoms with Crippen LogP contribution in [-0.2, 0) is 11.3 Å². The number of methoxy groups -OCH3 is 1. The van der Waals surface area contributed by atoms with E-state index < -0.39 is 5.97 Å². The van der Waals surface area contributed by atoms with Gasteiger partial charge in [0.1, 0.15) is 12.3 Å². The van der Waals surface area contributed by atoms with Crippen LogP contribution in [0, 0.1) is 6.92 Å². The molecular formula is C21H18N4O4. The van der Waals surface area contributed by atoms with Gasteiger partial charge in [0, 0.05) is 12.3 Å². The summed E-state index contributed by atoms with van der Waals surface area (Å²) in [6, 6.07) is 14.3. The molecule has 0 fully saturated rings. The predicted molar refractivity (Wildman–Crippen MR) is 105 cm³/mol. The first-order chi connectivity index (χ1) is 14.0. The molecule has 0 N–H and O–H groups in total. The first-order valence-electron chi connectivity index (χ1n) is 8.90. The van der Waals surface area contributed by atoms with Gasteiger partial charge in [-0.3, -0.25) is 9.20 Å². The number of esters is 1. The highest BCUT2D eigenvalue weighted by Crippen LogP contribution is 2.20. The normalized spacial score (nSPS) is 10.8. The zero-order valence-corrected chi connectivity index (χ0v) is 15.9. The van der Waals surface area contributed by atoms with Crippen LogP contribution in [0.4, 0.5) is 0 Å². The second-order valence-electron chi connectivity index (χ2n) is 6.42. The number of carbonyl (C=O) groups excluding carboxylic acids is 1. The number of para-hydroxylation sites is 1. The van der Waals surface area contributed by atoms with Crippen molar-refractivity contribution in [3.8, 4) is 11.4 Å². The molecule has 0 atom stereocenters. The Balaban J connectivity index is 1.56. The summed E-state index contributed by atoms with van der Waals surface area (Å²) < 4.78 is 13.6. The number of fused-ring (bicyclic) bond motifs is 1. The Morgan fingerprint density at radius 2 is 1.90 bits per heavy atom. The molecule has 0 amide bonds. The van der Waals surface area contributed by atoms with Crippen molar-refractivity contribution in [1.29, 1.82) is 0 Å². The number of hydrogen-bond acceptors (Lipinski definition) is 6. The van der Waals surface area contributed by atoms with Crippen LogP contribution >= 0.6 is 0 Å². The van der Waals surface area contributed by atoms with Crippen LogP contribution in [0.1, 0.15) is 21.7 Å². The fourth-order valence-corrected chi connectivity index (χ4v) is 2.90. The summed E-state index contributed by atoms with van der Waals surface area (Å²) >= 11 is 0. The molecule has 0 saturated heterocycles. The Labute approximate surface area is 166 Å². The zero-order chi connectivity index (χ0) is 20.4. The van der Waals surface area contributed by atoms with Gasteiger partial charge in [-0.2, -0.15) is 5.10 Å². The second kappa shape index (κ2) is 7.59.